The van der Waals surface area contributed by atoms with Gasteiger partial charge in [0.05, 0.1) is 17.3 Å². The van der Waals surface area contributed by atoms with Crippen molar-refractivity contribution in [2.45, 2.75) is 57.6 Å². The second-order valence-corrected chi connectivity index (χ2v) is 11.4. The average molecular weight is 616 g/mol. The predicted octanol–water partition coefficient (Wildman–Crippen LogP) is 6.83. The molecule has 1 aliphatic carbocycles. The number of aryl methyl sites for hydroxylation is 1. The molecule has 1 heterocycles. The zero-order chi connectivity index (χ0) is 31.1. The molecule has 0 aliphatic heterocycles. The molecule has 8 nitrogen and oxygen atoms in total. The summed E-state index contributed by atoms with van der Waals surface area (Å²) in [6.07, 6.45) is 3.74. The third-order valence-corrected chi connectivity index (χ3v) is 7.85. The Morgan fingerprint density at radius 3 is 2.49 bits per heavy atom. The lowest BCUT2D eigenvalue weighted by atomic mass is 9.81. The summed E-state index contributed by atoms with van der Waals surface area (Å²) < 4.78 is 36.7. The Bertz CT molecular complexity index is 1460. The summed E-state index contributed by atoms with van der Waals surface area (Å²) in [6, 6.07) is 12.9. The molecule has 1 aromatic heterocycles. The van der Waals surface area contributed by atoms with Gasteiger partial charge in [-0.25, -0.2) is 9.78 Å². The number of aliphatic carboxylic acids is 1. The molecular formula is C32H36ClF2N3O5. The van der Waals surface area contributed by atoms with E-state index in [-0.39, 0.29) is 11.4 Å². The number of pyridine rings is 1. The van der Waals surface area contributed by atoms with Crippen molar-refractivity contribution in [3.8, 4) is 33.9 Å². The van der Waals surface area contributed by atoms with Gasteiger partial charge < -0.3 is 24.8 Å². The first kappa shape index (κ1) is 32.2. The molecule has 230 valence electrons. The summed E-state index contributed by atoms with van der Waals surface area (Å²) in [5.74, 6) is -1.28. The molecule has 0 atom stereocenters. The largest absolute Gasteiger partial charge is 0.492 e. The van der Waals surface area contributed by atoms with E-state index in [1.807, 2.05) is 25.9 Å². The quantitative estimate of drug-likeness (QED) is 0.215. The van der Waals surface area contributed by atoms with Crippen molar-refractivity contribution in [2.75, 3.05) is 27.2 Å². The standard InChI is InChI=1S/C32H36ClF2N3O5/c1-20-8-10-22(43-31(34)35)19-24(20)23-11-13-26(29(39)37-32(30(40)41)14-5-4-6-15-32)36-28(23)21-9-12-25(33)27(18-21)42-17-7-16-38(2)3/h8-13,18-19,31H,4-7,14-17H2,1-3H3,(H,37,39)(H,40,41). The van der Waals surface area contributed by atoms with Crippen molar-refractivity contribution in [1.82, 2.24) is 15.2 Å². The minimum Gasteiger partial charge on any atom is -0.492 e. The van der Waals surface area contributed by atoms with Crippen LogP contribution >= 0.6 is 11.6 Å². The molecule has 0 radical (unpaired) electrons. The lowest BCUT2D eigenvalue weighted by Gasteiger charge is -2.33. The lowest BCUT2D eigenvalue weighted by molar-refractivity contribution is -0.145. The Hall–Kier alpha value is -3.76. The molecule has 0 unspecified atom stereocenters. The van der Waals surface area contributed by atoms with Crippen molar-refractivity contribution in [1.29, 1.82) is 0 Å². The number of rotatable bonds is 12. The SMILES string of the molecule is Cc1ccc(OC(F)F)cc1-c1ccc(C(=O)NC2(C(=O)O)CCCCC2)nc1-c1ccc(Cl)c(OCCCN(C)C)c1. The van der Waals surface area contributed by atoms with Crippen LogP contribution in [-0.4, -0.2) is 66.3 Å². The van der Waals surface area contributed by atoms with E-state index in [0.29, 0.717) is 65.4 Å². The minimum atomic E-state index is -3.00. The summed E-state index contributed by atoms with van der Waals surface area (Å²) in [5.41, 5.74) is 1.50. The van der Waals surface area contributed by atoms with E-state index in [2.05, 4.69) is 10.1 Å². The van der Waals surface area contributed by atoms with Gasteiger partial charge in [-0.3, -0.25) is 4.79 Å². The van der Waals surface area contributed by atoms with E-state index in [1.165, 1.54) is 18.2 Å². The van der Waals surface area contributed by atoms with Crippen LogP contribution < -0.4 is 14.8 Å². The van der Waals surface area contributed by atoms with E-state index in [1.54, 1.807) is 30.3 Å². The van der Waals surface area contributed by atoms with Crippen LogP contribution in [0.25, 0.3) is 22.4 Å². The number of carbonyl (C=O) groups excluding carboxylic acids is 1. The summed E-state index contributed by atoms with van der Waals surface area (Å²) in [5, 5.41) is 13.1. The molecule has 2 aromatic carbocycles. The fourth-order valence-electron chi connectivity index (χ4n) is 5.24. The van der Waals surface area contributed by atoms with Gasteiger partial charge in [-0.2, -0.15) is 8.78 Å². The van der Waals surface area contributed by atoms with E-state index < -0.39 is 24.0 Å². The van der Waals surface area contributed by atoms with Gasteiger partial charge in [0.1, 0.15) is 22.7 Å². The van der Waals surface area contributed by atoms with Gasteiger partial charge in [0.15, 0.2) is 0 Å². The number of halogens is 3. The third kappa shape index (κ3) is 8.00. The number of carboxylic acid groups (broad SMARTS) is 1. The molecule has 2 N–H and O–H groups in total. The van der Waals surface area contributed by atoms with Crippen molar-refractivity contribution < 1.29 is 33.0 Å². The number of alkyl halides is 2. The van der Waals surface area contributed by atoms with Gasteiger partial charge in [-0.1, -0.05) is 43.0 Å². The molecule has 0 spiro atoms. The highest BCUT2D eigenvalue weighted by molar-refractivity contribution is 6.32. The van der Waals surface area contributed by atoms with Gasteiger partial charge in [0, 0.05) is 17.7 Å². The van der Waals surface area contributed by atoms with Gasteiger partial charge in [0.25, 0.3) is 5.91 Å². The van der Waals surface area contributed by atoms with Crippen LogP contribution in [0.4, 0.5) is 8.78 Å². The fraction of sp³-hybridized carbons (Fsp3) is 0.406. The Balaban J connectivity index is 1.78. The highest BCUT2D eigenvalue weighted by Gasteiger charge is 2.41. The van der Waals surface area contributed by atoms with Crippen molar-refractivity contribution >= 4 is 23.5 Å². The number of nitrogens with zero attached hydrogens (tertiary/aromatic N) is 2. The Morgan fingerprint density at radius 2 is 1.81 bits per heavy atom. The maximum Gasteiger partial charge on any atom is 0.387 e. The van der Waals surface area contributed by atoms with Crippen LogP contribution in [0.3, 0.4) is 0 Å². The molecule has 4 rings (SSSR count). The molecule has 43 heavy (non-hydrogen) atoms. The van der Waals surface area contributed by atoms with E-state index in [4.69, 9.17) is 21.3 Å². The Morgan fingerprint density at radius 1 is 1.07 bits per heavy atom. The summed E-state index contributed by atoms with van der Waals surface area (Å²) in [4.78, 5) is 32.4. The first-order valence-corrected chi connectivity index (χ1v) is 14.6. The monoisotopic (exact) mass is 615 g/mol. The maximum atomic E-state index is 13.5. The van der Waals surface area contributed by atoms with E-state index in [9.17, 15) is 23.5 Å². The van der Waals surface area contributed by atoms with Crippen LogP contribution in [0.5, 0.6) is 11.5 Å². The van der Waals surface area contributed by atoms with Gasteiger partial charge in [-0.15, -0.1) is 0 Å². The van der Waals surface area contributed by atoms with Crippen molar-refractivity contribution in [3.63, 3.8) is 0 Å². The van der Waals surface area contributed by atoms with Crippen LogP contribution in [0, 0.1) is 6.92 Å². The highest BCUT2D eigenvalue weighted by Crippen LogP contribution is 2.38. The molecule has 1 amide bonds. The van der Waals surface area contributed by atoms with Crippen molar-refractivity contribution in [2.24, 2.45) is 0 Å². The third-order valence-electron chi connectivity index (χ3n) is 7.53. The second kappa shape index (κ2) is 14.1. The van der Waals surface area contributed by atoms with Gasteiger partial charge >= 0.3 is 12.6 Å². The average Bonchev–Trinajstić information content (AvgIpc) is 2.97. The van der Waals surface area contributed by atoms with Crippen LogP contribution in [0.1, 0.15) is 54.6 Å². The number of aromatic nitrogens is 1. The summed E-state index contributed by atoms with van der Waals surface area (Å²) in [7, 11) is 3.94. The van der Waals surface area contributed by atoms with Gasteiger partial charge in [-0.05, 0) is 87.8 Å². The normalized spacial score (nSPS) is 14.5. The number of ether oxygens (including phenoxy) is 2. The smallest absolute Gasteiger partial charge is 0.387 e. The molecular weight excluding hydrogens is 580 g/mol. The zero-order valence-corrected chi connectivity index (χ0v) is 25.2. The topological polar surface area (TPSA) is 101 Å². The van der Waals surface area contributed by atoms with E-state index >= 15 is 0 Å². The minimum absolute atomic E-state index is 0.0194. The summed E-state index contributed by atoms with van der Waals surface area (Å²) in [6.45, 7) is 0.0816. The fourth-order valence-corrected chi connectivity index (χ4v) is 5.42. The first-order valence-electron chi connectivity index (χ1n) is 14.2. The number of carbonyl (C=O) groups is 2. The summed E-state index contributed by atoms with van der Waals surface area (Å²) >= 11 is 6.45. The number of carboxylic acids is 1. The number of amides is 1. The zero-order valence-electron chi connectivity index (χ0n) is 24.5. The predicted molar refractivity (Wildman–Crippen MR) is 161 cm³/mol. The molecule has 0 bridgehead atoms. The lowest BCUT2D eigenvalue weighted by Crippen LogP contribution is -2.55. The maximum absolute atomic E-state index is 13.5. The highest BCUT2D eigenvalue weighted by atomic mass is 35.5. The number of nitrogens with one attached hydrogen (secondary N) is 1. The second-order valence-electron chi connectivity index (χ2n) is 11.0. The Kier molecular flexibility index (Phi) is 10.6. The molecule has 1 fully saturated rings. The molecule has 11 heteroatoms. The molecule has 1 aliphatic rings. The number of hydrogen-bond acceptors (Lipinski definition) is 6. The first-order chi connectivity index (χ1) is 20.5. The van der Waals surface area contributed by atoms with Gasteiger partial charge in [0.2, 0.25) is 0 Å². The molecule has 0 saturated heterocycles. The van der Waals surface area contributed by atoms with Crippen LogP contribution in [-0.2, 0) is 4.79 Å². The number of benzene rings is 2. The van der Waals surface area contributed by atoms with E-state index in [0.717, 1.165) is 24.9 Å². The molecule has 3 aromatic rings. The molecule has 1 saturated carbocycles. The van der Waals surface area contributed by atoms with Crippen LogP contribution in [0.15, 0.2) is 48.5 Å². The number of hydrogen-bond donors (Lipinski definition) is 2. The Labute approximate surface area is 255 Å². The van der Waals surface area contributed by atoms with Crippen molar-refractivity contribution in [3.05, 3.63) is 64.8 Å². The van der Waals surface area contributed by atoms with Crippen LogP contribution in [0.2, 0.25) is 5.02 Å².